The normalized spacial score (nSPS) is 22.6. The Kier molecular flexibility index (Phi) is 3.56. The van der Waals surface area contributed by atoms with E-state index in [0.29, 0.717) is 0 Å². The van der Waals surface area contributed by atoms with Crippen LogP contribution in [0.1, 0.15) is 31.9 Å². The van der Waals surface area contributed by atoms with Crippen LogP contribution < -0.4 is 0 Å². The van der Waals surface area contributed by atoms with Crippen molar-refractivity contribution in [2.45, 2.75) is 32.5 Å². The summed E-state index contributed by atoms with van der Waals surface area (Å²) in [4.78, 5) is 0. The molecule has 0 spiro atoms. The van der Waals surface area contributed by atoms with Gasteiger partial charge in [-0.15, -0.1) is 0 Å². The van der Waals surface area contributed by atoms with Crippen LogP contribution in [0.4, 0.5) is 0 Å². The Balaban J connectivity index is 2.17. The molecule has 2 aromatic carbocycles. The third kappa shape index (κ3) is 2.11. The van der Waals surface area contributed by atoms with Gasteiger partial charge in [0.25, 0.3) is 0 Å². The summed E-state index contributed by atoms with van der Waals surface area (Å²) in [7, 11) is 0. The predicted molar refractivity (Wildman–Crippen MR) is 88.0 cm³/mol. The largest absolute Gasteiger partial charge is 0.361 e. The van der Waals surface area contributed by atoms with Crippen molar-refractivity contribution >= 4 is 23.2 Å². The minimum absolute atomic E-state index is 0.0192. The lowest BCUT2D eigenvalue weighted by molar-refractivity contribution is -0.287. The van der Waals surface area contributed by atoms with E-state index in [2.05, 4.69) is 20.8 Å². The lowest BCUT2D eigenvalue weighted by atomic mass is 9.59. The minimum atomic E-state index is -0.457. The van der Waals surface area contributed by atoms with Crippen molar-refractivity contribution in [1.82, 2.24) is 0 Å². The molecule has 1 unspecified atom stereocenters. The molecule has 0 aromatic heterocycles. The third-order valence-electron chi connectivity index (χ3n) is 4.78. The zero-order valence-corrected chi connectivity index (χ0v) is 13.9. The summed E-state index contributed by atoms with van der Waals surface area (Å²) in [6, 6.07) is 15.8. The first-order valence-corrected chi connectivity index (χ1v) is 7.83. The molecule has 0 radical (unpaired) electrons. The van der Waals surface area contributed by atoms with Gasteiger partial charge >= 0.3 is 0 Å². The summed E-state index contributed by atoms with van der Waals surface area (Å²) in [6.45, 7) is 6.60. The average Bonchev–Trinajstić information content (AvgIpc) is 2.46. The Morgan fingerprint density at radius 2 is 1.19 bits per heavy atom. The number of ether oxygens (including phenoxy) is 1. The van der Waals surface area contributed by atoms with Crippen LogP contribution in [-0.2, 0) is 10.3 Å². The lowest BCUT2D eigenvalue weighted by Gasteiger charge is -2.61. The van der Waals surface area contributed by atoms with Crippen LogP contribution in [0, 0.1) is 5.41 Å². The van der Waals surface area contributed by atoms with Crippen LogP contribution >= 0.6 is 23.2 Å². The lowest BCUT2D eigenvalue weighted by Crippen LogP contribution is -2.63. The predicted octanol–water partition coefficient (Wildman–Crippen LogP) is 5.68. The van der Waals surface area contributed by atoms with E-state index in [1.807, 2.05) is 48.5 Å². The molecule has 0 bridgehead atoms. The molecule has 2 aromatic rings. The molecule has 0 N–H and O–H groups in total. The van der Waals surface area contributed by atoms with E-state index in [4.69, 9.17) is 27.9 Å². The maximum atomic E-state index is 6.31. The van der Waals surface area contributed by atoms with Gasteiger partial charge in [-0.1, -0.05) is 61.3 Å². The van der Waals surface area contributed by atoms with Gasteiger partial charge in [-0.3, -0.25) is 0 Å². The zero-order chi connectivity index (χ0) is 15.3. The third-order valence-corrected chi connectivity index (χ3v) is 5.28. The van der Waals surface area contributed by atoms with E-state index in [1.165, 1.54) is 0 Å². The monoisotopic (exact) mass is 320 g/mol. The van der Waals surface area contributed by atoms with Gasteiger partial charge in [-0.05, 0) is 42.3 Å². The fourth-order valence-electron chi connectivity index (χ4n) is 3.21. The average molecular weight is 321 g/mol. The topological polar surface area (TPSA) is 9.23 Å². The van der Waals surface area contributed by atoms with E-state index < -0.39 is 5.60 Å². The molecular formula is C18H18Cl2O. The SMILES string of the molecule is CC1OC(c2ccc(Cl)cc2)(c2ccc(Cl)cc2)C1(C)C. The highest BCUT2D eigenvalue weighted by atomic mass is 35.5. The number of rotatable bonds is 2. The second-order valence-corrected chi connectivity index (χ2v) is 7.05. The Labute approximate surface area is 135 Å². The highest BCUT2D eigenvalue weighted by Crippen LogP contribution is 2.59. The highest BCUT2D eigenvalue weighted by Gasteiger charge is 2.61. The molecule has 0 amide bonds. The van der Waals surface area contributed by atoms with Gasteiger partial charge < -0.3 is 4.74 Å². The molecule has 1 aliphatic rings. The highest BCUT2D eigenvalue weighted by molar-refractivity contribution is 6.30. The Bertz CT molecular complexity index is 598. The van der Waals surface area contributed by atoms with Crippen molar-refractivity contribution in [1.29, 1.82) is 0 Å². The summed E-state index contributed by atoms with van der Waals surface area (Å²) < 4.78 is 6.31. The molecule has 110 valence electrons. The molecule has 1 fully saturated rings. The minimum Gasteiger partial charge on any atom is -0.361 e. The fourth-order valence-corrected chi connectivity index (χ4v) is 3.46. The van der Waals surface area contributed by atoms with Gasteiger partial charge in [0.15, 0.2) is 0 Å². The van der Waals surface area contributed by atoms with Gasteiger partial charge in [-0.2, -0.15) is 0 Å². The maximum absolute atomic E-state index is 6.31. The van der Waals surface area contributed by atoms with Crippen LogP contribution in [0.2, 0.25) is 10.0 Å². The molecule has 0 aliphatic carbocycles. The summed E-state index contributed by atoms with van der Waals surface area (Å²) in [5.41, 5.74) is 1.77. The Morgan fingerprint density at radius 1 is 0.810 bits per heavy atom. The van der Waals surface area contributed by atoms with Crippen molar-refractivity contribution in [3.63, 3.8) is 0 Å². The second kappa shape index (κ2) is 5.01. The van der Waals surface area contributed by atoms with Crippen LogP contribution in [0.3, 0.4) is 0 Å². The molecule has 21 heavy (non-hydrogen) atoms. The van der Waals surface area contributed by atoms with Crippen LogP contribution in [-0.4, -0.2) is 6.10 Å². The summed E-state index contributed by atoms with van der Waals surface area (Å²) in [5.74, 6) is 0. The van der Waals surface area contributed by atoms with Crippen molar-refractivity contribution in [2.75, 3.05) is 0 Å². The van der Waals surface area contributed by atoms with Gasteiger partial charge in [0, 0.05) is 15.5 Å². The maximum Gasteiger partial charge on any atom is 0.126 e. The first-order valence-electron chi connectivity index (χ1n) is 7.08. The van der Waals surface area contributed by atoms with Gasteiger partial charge in [-0.25, -0.2) is 0 Å². The molecule has 1 saturated heterocycles. The Morgan fingerprint density at radius 3 is 1.48 bits per heavy atom. The van der Waals surface area contributed by atoms with Gasteiger partial charge in [0.2, 0.25) is 0 Å². The molecule has 3 rings (SSSR count). The first-order chi connectivity index (χ1) is 9.88. The van der Waals surface area contributed by atoms with E-state index >= 15 is 0 Å². The summed E-state index contributed by atoms with van der Waals surface area (Å²) in [5, 5.41) is 1.46. The number of benzene rings is 2. The fraction of sp³-hybridized carbons (Fsp3) is 0.333. The second-order valence-electron chi connectivity index (χ2n) is 6.18. The standard InChI is InChI=1S/C18H18Cl2O/c1-12-17(2,3)18(21-12,13-4-8-15(19)9-5-13)14-6-10-16(20)11-7-14/h4-12H,1-3H3. The molecule has 1 nitrogen and oxygen atoms in total. The Hall–Kier alpha value is -1.02. The molecular weight excluding hydrogens is 303 g/mol. The van der Waals surface area contributed by atoms with Gasteiger partial charge in [0.05, 0.1) is 6.10 Å². The van der Waals surface area contributed by atoms with Crippen molar-refractivity contribution in [3.8, 4) is 0 Å². The molecule has 1 aliphatic heterocycles. The zero-order valence-electron chi connectivity index (χ0n) is 12.4. The number of hydrogen-bond donors (Lipinski definition) is 0. The number of halogens is 2. The quantitative estimate of drug-likeness (QED) is 0.691. The summed E-state index contributed by atoms with van der Waals surface area (Å²) in [6.07, 6.45) is 0.184. The van der Waals surface area contributed by atoms with Crippen LogP contribution in [0.5, 0.6) is 0 Å². The van der Waals surface area contributed by atoms with E-state index in [1.54, 1.807) is 0 Å². The van der Waals surface area contributed by atoms with Gasteiger partial charge in [0.1, 0.15) is 5.60 Å². The van der Waals surface area contributed by atoms with Crippen molar-refractivity contribution in [3.05, 3.63) is 69.7 Å². The summed E-state index contributed by atoms with van der Waals surface area (Å²) >= 11 is 12.1. The molecule has 1 atom stereocenters. The van der Waals surface area contributed by atoms with E-state index in [0.717, 1.165) is 21.2 Å². The molecule has 0 saturated carbocycles. The smallest absolute Gasteiger partial charge is 0.126 e. The van der Waals surface area contributed by atoms with E-state index in [9.17, 15) is 0 Å². The molecule has 1 heterocycles. The van der Waals surface area contributed by atoms with E-state index in [-0.39, 0.29) is 11.5 Å². The first kappa shape index (κ1) is 14.9. The van der Waals surface area contributed by atoms with Crippen molar-refractivity contribution in [2.24, 2.45) is 5.41 Å². The van der Waals surface area contributed by atoms with Crippen LogP contribution in [0.15, 0.2) is 48.5 Å². The van der Waals surface area contributed by atoms with Crippen LogP contribution in [0.25, 0.3) is 0 Å². The number of hydrogen-bond acceptors (Lipinski definition) is 1. The van der Waals surface area contributed by atoms with Crippen molar-refractivity contribution < 1.29 is 4.74 Å². The molecule has 3 heteroatoms.